The van der Waals surface area contributed by atoms with Gasteiger partial charge in [-0.1, -0.05) is 56.9 Å². The van der Waals surface area contributed by atoms with Crippen LogP contribution in [0, 0.1) is 0 Å². The summed E-state index contributed by atoms with van der Waals surface area (Å²) in [5.41, 5.74) is 14.6. The van der Waals surface area contributed by atoms with Crippen LogP contribution in [0.2, 0.25) is 0 Å². The van der Waals surface area contributed by atoms with Crippen molar-refractivity contribution in [3.8, 4) is 0 Å². The van der Waals surface area contributed by atoms with Gasteiger partial charge in [-0.3, -0.25) is 0 Å². The van der Waals surface area contributed by atoms with Crippen LogP contribution in [0.15, 0.2) is 30.3 Å². The molecule has 2 rings (SSSR count). The monoisotopic (exact) mass is 256 g/mol. The van der Waals surface area contributed by atoms with Crippen LogP contribution >= 0.6 is 0 Å². The summed E-state index contributed by atoms with van der Waals surface area (Å²) in [6.07, 6.45) is 7.77. The van der Waals surface area contributed by atoms with E-state index in [1.54, 1.807) is 0 Å². The Balaban J connectivity index is 2.04. The molecular weight excluding hydrogens is 232 g/mol. The fraction of sp³-hybridized carbons (Fsp3) is 0.412. The quantitative estimate of drug-likeness (QED) is 0.590. The molecule has 2 aromatic rings. The summed E-state index contributed by atoms with van der Waals surface area (Å²) in [4.78, 5) is 0. The largest absolute Gasteiger partial charge is 0.397 e. The molecule has 0 saturated heterocycles. The van der Waals surface area contributed by atoms with Gasteiger partial charge in [-0.2, -0.15) is 0 Å². The van der Waals surface area contributed by atoms with Crippen molar-refractivity contribution in [3.05, 3.63) is 35.9 Å². The molecule has 2 nitrogen and oxygen atoms in total. The average Bonchev–Trinajstić information content (AvgIpc) is 2.43. The van der Waals surface area contributed by atoms with Crippen LogP contribution in [0.3, 0.4) is 0 Å². The Morgan fingerprint density at radius 3 is 2.47 bits per heavy atom. The number of rotatable bonds is 6. The van der Waals surface area contributed by atoms with Crippen molar-refractivity contribution in [2.75, 3.05) is 11.5 Å². The summed E-state index contributed by atoms with van der Waals surface area (Å²) < 4.78 is 0. The van der Waals surface area contributed by atoms with Crippen molar-refractivity contribution in [1.82, 2.24) is 0 Å². The number of anilines is 2. The van der Waals surface area contributed by atoms with E-state index in [2.05, 4.69) is 31.2 Å². The Hall–Kier alpha value is -1.70. The zero-order chi connectivity index (χ0) is 13.7. The minimum atomic E-state index is 0.666. The van der Waals surface area contributed by atoms with Crippen LogP contribution in [0.1, 0.15) is 44.6 Å². The summed E-state index contributed by atoms with van der Waals surface area (Å²) in [6, 6.07) is 10.5. The molecule has 4 N–H and O–H groups in total. The van der Waals surface area contributed by atoms with E-state index in [0.29, 0.717) is 11.4 Å². The topological polar surface area (TPSA) is 52.0 Å². The number of hydrogen-bond donors (Lipinski definition) is 2. The standard InChI is InChI=1S/C17H24N2/c1-2-3-4-5-6-7-13-8-10-15-14(12-13)9-11-16(18)17(15)19/h8-12H,2-7,18-19H2,1H3. The van der Waals surface area contributed by atoms with Gasteiger partial charge in [0.25, 0.3) is 0 Å². The highest BCUT2D eigenvalue weighted by Gasteiger charge is 2.02. The summed E-state index contributed by atoms with van der Waals surface area (Å²) >= 11 is 0. The fourth-order valence-corrected chi connectivity index (χ4v) is 2.51. The first-order chi connectivity index (χ1) is 9.22. The van der Waals surface area contributed by atoms with Gasteiger partial charge in [-0.15, -0.1) is 0 Å². The number of unbranched alkanes of at least 4 members (excludes halogenated alkanes) is 4. The molecule has 0 fully saturated rings. The molecule has 0 bridgehead atoms. The first-order valence-corrected chi connectivity index (χ1v) is 7.29. The van der Waals surface area contributed by atoms with Crippen LogP contribution in [0.4, 0.5) is 11.4 Å². The smallest absolute Gasteiger partial charge is 0.0627 e. The van der Waals surface area contributed by atoms with Crippen molar-refractivity contribution in [3.63, 3.8) is 0 Å². The van der Waals surface area contributed by atoms with Gasteiger partial charge in [0, 0.05) is 5.39 Å². The van der Waals surface area contributed by atoms with E-state index >= 15 is 0 Å². The molecule has 0 amide bonds. The number of nitrogen functional groups attached to an aromatic ring is 2. The molecule has 19 heavy (non-hydrogen) atoms. The van der Waals surface area contributed by atoms with Gasteiger partial charge in [0.1, 0.15) is 0 Å². The molecule has 2 heteroatoms. The van der Waals surface area contributed by atoms with Crippen molar-refractivity contribution in [1.29, 1.82) is 0 Å². The zero-order valence-corrected chi connectivity index (χ0v) is 11.8. The molecule has 0 atom stereocenters. The van der Waals surface area contributed by atoms with Gasteiger partial charge >= 0.3 is 0 Å². The Labute approximate surface area is 115 Å². The van der Waals surface area contributed by atoms with E-state index in [-0.39, 0.29) is 0 Å². The minimum absolute atomic E-state index is 0.666. The zero-order valence-electron chi connectivity index (χ0n) is 11.8. The number of nitrogens with two attached hydrogens (primary N) is 2. The maximum absolute atomic E-state index is 6.00. The summed E-state index contributed by atoms with van der Waals surface area (Å²) in [5.74, 6) is 0. The third-order valence-corrected chi connectivity index (χ3v) is 3.73. The molecule has 0 radical (unpaired) electrons. The van der Waals surface area contributed by atoms with E-state index in [1.165, 1.54) is 43.1 Å². The van der Waals surface area contributed by atoms with Gasteiger partial charge in [-0.05, 0) is 29.9 Å². The van der Waals surface area contributed by atoms with E-state index in [1.807, 2.05) is 6.07 Å². The Morgan fingerprint density at radius 2 is 1.68 bits per heavy atom. The van der Waals surface area contributed by atoms with Crippen molar-refractivity contribution < 1.29 is 0 Å². The summed E-state index contributed by atoms with van der Waals surface area (Å²) in [5, 5.41) is 2.26. The molecular formula is C17H24N2. The molecule has 2 aromatic carbocycles. The maximum atomic E-state index is 6.00. The van der Waals surface area contributed by atoms with E-state index in [0.717, 1.165) is 11.8 Å². The predicted molar refractivity (Wildman–Crippen MR) is 85.2 cm³/mol. The molecule has 0 aromatic heterocycles. The average molecular weight is 256 g/mol. The highest BCUT2D eigenvalue weighted by molar-refractivity contribution is 5.98. The third kappa shape index (κ3) is 3.40. The van der Waals surface area contributed by atoms with Gasteiger partial charge < -0.3 is 11.5 Å². The van der Waals surface area contributed by atoms with Crippen LogP contribution in [0.5, 0.6) is 0 Å². The molecule has 0 unspecified atom stereocenters. The van der Waals surface area contributed by atoms with Gasteiger partial charge in [-0.25, -0.2) is 0 Å². The third-order valence-electron chi connectivity index (χ3n) is 3.73. The lowest BCUT2D eigenvalue weighted by atomic mass is 10.0. The lowest BCUT2D eigenvalue weighted by molar-refractivity contribution is 0.632. The summed E-state index contributed by atoms with van der Waals surface area (Å²) in [7, 11) is 0. The minimum Gasteiger partial charge on any atom is -0.397 e. The Kier molecular flexibility index (Phi) is 4.67. The predicted octanol–water partition coefficient (Wildman–Crippen LogP) is 4.52. The molecule has 0 aliphatic rings. The fourth-order valence-electron chi connectivity index (χ4n) is 2.51. The second-order valence-electron chi connectivity index (χ2n) is 5.29. The number of aryl methyl sites for hydroxylation is 1. The highest BCUT2D eigenvalue weighted by Crippen LogP contribution is 2.27. The van der Waals surface area contributed by atoms with Crippen LogP contribution in [-0.4, -0.2) is 0 Å². The van der Waals surface area contributed by atoms with Crippen molar-refractivity contribution in [2.45, 2.75) is 45.4 Å². The highest BCUT2D eigenvalue weighted by atomic mass is 14.7. The van der Waals surface area contributed by atoms with Crippen LogP contribution < -0.4 is 11.5 Å². The molecule has 0 heterocycles. The Bertz CT molecular complexity index is 546. The van der Waals surface area contributed by atoms with Gasteiger partial charge in [0.2, 0.25) is 0 Å². The molecule has 0 saturated carbocycles. The van der Waals surface area contributed by atoms with E-state index in [9.17, 15) is 0 Å². The van der Waals surface area contributed by atoms with Crippen LogP contribution in [-0.2, 0) is 6.42 Å². The number of benzene rings is 2. The number of fused-ring (bicyclic) bond motifs is 1. The second kappa shape index (κ2) is 6.46. The van der Waals surface area contributed by atoms with E-state index < -0.39 is 0 Å². The van der Waals surface area contributed by atoms with Crippen molar-refractivity contribution >= 4 is 22.1 Å². The first-order valence-electron chi connectivity index (χ1n) is 7.29. The molecule has 0 aliphatic heterocycles. The molecule has 102 valence electrons. The SMILES string of the molecule is CCCCCCCc1ccc2c(N)c(N)ccc2c1. The second-order valence-corrected chi connectivity index (χ2v) is 5.29. The number of hydrogen-bond acceptors (Lipinski definition) is 2. The van der Waals surface area contributed by atoms with Crippen LogP contribution in [0.25, 0.3) is 10.8 Å². The lowest BCUT2D eigenvalue weighted by Gasteiger charge is -2.08. The molecule has 0 spiro atoms. The van der Waals surface area contributed by atoms with Crippen molar-refractivity contribution in [2.24, 2.45) is 0 Å². The Morgan fingerprint density at radius 1 is 0.895 bits per heavy atom. The maximum Gasteiger partial charge on any atom is 0.0627 e. The van der Waals surface area contributed by atoms with Gasteiger partial charge in [0.15, 0.2) is 0 Å². The lowest BCUT2D eigenvalue weighted by Crippen LogP contribution is -1.95. The normalized spacial score (nSPS) is 11.0. The van der Waals surface area contributed by atoms with Gasteiger partial charge in [0.05, 0.1) is 11.4 Å². The first kappa shape index (κ1) is 13.7. The van der Waals surface area contributed by atoms with E-state index in [4.69, 9.17) is 11.5 Å². The summed E-state index contributed by atoms with van der Waals surface area (Å²) in [6.45, 7) is 2.25. The molecule has 0 aliphatic carbocycles.